The molecule has 0 amide bonds. The van der Waals surface area contributed by atoms with E-state index < -0.39 is 10.8 Å². The first-order valence-electron chi connectivity index (χ1n) is 18.8. The van der Waals surface area contributed by atoms with Crippen LogP contribution in [0.15, 0.2) is 176 Å². The van der Waals surface area contributed by atoms with Crippen molar-refractivity contribution >= 4 is 0 Å². The summed E-state index contributed by atoms with van der Waals surface area (Å²) in [5.41, 5.74) is 30.8. The van der Waals surface area contributed by atoms with Crippen LogP contribution >= 0.6 is 0 Å². The first kappa shape index (κ1) is 29.3. The summed E-state index contributed by atoms with van der Waals surface area (Å²) < 4.78 is 0. The number of nitrogens with two attached hydrogens (primary N) is 1. The molecule has 0 heterocycles. The topological polar surface area (TPSA) is 26.0 Å². The highest BCUT2D eigenvalue weighted by molar-refractivity contribution is 5.98. The smallest absolute Gasteiger partial charge is 0.0720 e. The molecule has 0 bridgehead atoms. The molecule has 4 aliphatic rings. The second-order valence-corrected chi connectivity index (χ2v) is 15.2. The molecule has 53 heavy (non-hydrogen) atoms. The van der Waals surface area contributed by atoms with E-state index in [1.54, 1.807) is 0 Å². The normalized spacial score (nSPS) is 15.2. The van der Waals surface area contributed by atoms with E-state index in [1.807, 2.05) is 0 Å². The van der Waals surface area contributed by atoms with Gasteiger partial charge in [0.1, 0.15) is 0 Å². The maximum absolute atomic E-state index is 6.15. The van der Waals surface area contributed by atoms with E-state index >= 15 is 0 Å². The molecule has 2 N–H and O–H groups in total. The Kier molecular flexibility index (Phi) is 5.76. The van der Waals surface area contributed by atoms with E-state index in [-0.39, 0.29) is 0 Å². The molecule has 0 fully saturated rings. The Labute approximate surface area is 310 Å². The van der Waals surface area contributed by atoms with E-state index in [1.165, 1.54) is 100 Å². The highest BCUT2D eigenvalue weighted by atomic mass is 14.6. The molecule has 4 aliphatic carbocycles. The molecule has 8 aromatic carbocycles. The number of rotatable bonds is 2. The van der Waals surface area contributed by atoms with Crippen molar-refractivity contribution in [1.29, 1.82) is 0 Å². The highest BCUT2D eigenvalue weighted by Crippen LogP contribution is 2.68. The zero-order chi connectivity index (χ0) is 34.9. The van der Waals surface area contributed by atoms with Gasteiger partial charge in [-0.2, -0.15) is 0 Å². The Morgan fingerprint density at radius 1 is 0.377 bits per heavy atom. The van der Waals surface area contributed by atoms with Gasteiger partial charge in [-0.15, -0.1) is 0 Å². The van der Waals surface area contributed by atoms with Crippen LogP contribution in [0.1, 0.15) is 61.2 Å². The number of fused-ring (bicyclic) bond motifs is 20. The van der Waals surface area contributed by atoms with Crippen molar-refractivity contribution in [2.24, 2.45) is 5.73 Å². The lowest BCUT2D eigenvalue weighted by atomic mass is 9.52. The second-order valence-electron chi connectivity index (χ2n) is 15.2. The minimum absolute atomic E-state index is 0.440. The molecule has 1 heteroatoms. The Hall–Kier alpha value is -6.28. The van der Waals surface area contributed by atoms with Gasteiger partial charge >= 0.3 is 0 Å². The van der Waals surface area contributed by atoms with Crippen LogP contribution in [-0.4, -0.2) is 0 Å². The molecule has 0 radical (unpaired) electrons. The summed E-state index contributed by atoms with van der Waals surface area (Å²) in [6.07, 6.45) is 0.936. The quantitative estimate of drug-likeness (QED) is 0.194. The summed E-state index contributed by atoms with van der Waals surface area (Å²) in [7, 11) is 0. The van der Waals surface area contributed by atoms with Crippen molar-refractivity contribution in [2.45, 2.75) is 23.8 Å². The van der Waals surface area contributed by atoms with Crippen molar-refractivity contribution in [3.63, 3.8) is 0 Å². The molecular weight excluding hydrogens is 639 g/mol. The lowest BCUT2D eigenvalue weighted by molar-refractivity contribution is 0.633. The van der Waals surface area contributed by atoms with E-state index in [4.69, 9.17) is 5.73 Å². The van der Waals surface area contributed by atoms with Gasteiger partial charge in [-0.3, -0.25) is 0 Å². The van der Waals surface area contributed by atoms with Crippen molar-refractivity contribution < 1.29 is 0 Å². The summed E-state index contributed by atoms with van der Waals surface area (Å²) in [6, 6.07) is 67.0. The lowest BCUT2D eigenvalue weighted by Gasteiger charge is -2.48. The fourth-order valence-electron chi connectivity index (χ4n) is 11.1. The van der Waals surface area contributed by atoms with Crippen molar-refractivity contribution in [3.05, 3.63) is 237 Å². The van der Waals surface area contributed by atoms with Gasteiger partial charge in [0.15, 0.2) is 0 Å². The Bertz CT molecular complexity index is 2780. The van der Waals surface area contributed by atoms with E-state index in [9.17, 15) is 0 Å². The van der Waals surface area contributed by atoms with Crippen LogP contribution in [0, 0.1) is 0 Å². The summed E-state index contributed by atoms with van der Waals surface area (Å²) in [4.78, 5) is 0. The standard InChI is InChI=1S/C52H35N/c53-31-32-12-11-14-33(28-32)34-24-26-44-41(29-34)50-40-30-35-13-1-2-15-36(35)37(40)25-27-49(50)52(44)47-22-9-7-20-45(47)51(46-21-8-10-23-48(46)52)42-18-5-3-16-38(42)39-17-4-6-19-43(39)51/h1-29H,30-31,53H2. The van der Waals surface area contributed by atoms with Gasteiger partial charge in [0, 0.05) is 6.54 Å². The van der Waals surface area contributed by atoms with Crippen LogP contribution in [0.25, 0.3) is 44.5 Å². The van der Waals surface area contributed by atoms with Crippen LogP contribution in [0.4, 0.5) is 0 Å². The van der Waals surface area contributed by atoms with E-state index in [0.717, 1.165) is 12.0 Å². The number of hydrogen-bond donors (Lipinski definition) is 1. The molecule has 1 nitrogen and oxygen atoms in total. The summed E-state index contributed by atoms with van der Waals surface area (Å²) in [6.45, 7) is 0.526. The molecule has 2 spiro atoms. The molecule has 0 saturated carbocycles. The third-order valence-corrected chi connectivity index (χ3v) is 13.0. The van der Waals surface area contributed by atoms with Crippen LogP contribution in [0.5, 0.6) is 0 Å². The number of hydrogen-bond acceptors (Lipinski definition) is 1. The number of benzene rings is 8. The summed E-state index contributed by atoms with van der Waals surface area (Å²) in [5.74, 6) is 0. The first-order chi connectivity index (χ1) is 26.2. The molecule has 0 aliphatic heterocycles. The zero-order valence-electron chi connectivity index (χ0n) is 29.2. The van der Waals surface area contributed by atoms with Crippen LogP contribution in [-0.2, 0) is 23.8 Å². The van der Waals surface area contributed by atoms with Gasteiger partial charge in [0.05, 0.1) is 10.8 Å². The van der Waals surface area contributed by atoms with Gasteiger partial charge < -0.3 is 5.73 Å². The molecule has 0 unspecified atom stereocenters. The maximum atomic E-state index is 6.15. The second kappa shape index (κ2) is 10.4. The third kappa shape index (κ3) is 3.47. The Morgan fingerprint density at radius 2 is 0.887 bits per heavy atom. The summed E-state index contributed by atoms with van der Waals surface area (Å²) in [5, 5.41) is 0. The van der Waals surface area contributed by atoms with Crippen molar-refractivity contribution in [1.82, 2.24) is 0 Å². The van der Waals surface area contributed by atoms with Gasteiger partial charge in [0.2, 0.25) is 0 Å². The molecule has 0 atom stereocenters. The molecular formula is C52H35N. The Balaban J connectivity index is 1.23. The molecule has 12 rings (SSSR count). The molecule has 0 aromatic heterocycles. The monoisotopic (exact) mass is 673 g/mol. The SMILES string of the molecule is NCc1cccc(-c2ccc3c(c2)-c2c(ccc4c2Cc2ccccc2-4)C32c3ccccc3C3(c4ccccc4-c4ccccc43)c3ccccc32)c1. The molecule has 8 aromatic rings. The maximum Gasteiger partial charge on any atom is 0.0720 e. The van der Waals surface area contributed by atoms with E-state index in [2.05, 4.69) is 176 Å². The first-order valence-corrected chi connectivity index (χ1v) is 18.8. The average Bonchev–Trinajstić information content (AvgIpc) is 3.85. The van der Waals surface area contributed by atoms with Crippen LogP contribution in [0.3, 0.4) is 0 Å². The fourth-order valence-corrected chi connectivity index (χ4v) is 11.1. The average molecular weight is 674 g/mol. The fraction of sp³-hybridized carbons (Fsp3) is 0.0769. The minimum Gasteiger partial charge on any atom is -0.326 e. The lowest BCUT2D eigenvalue weighted by Crippen LogP contribution is -2.43. The van der Waals surface area contributed by atoms with Gasteiger partial charge in [0.25, 0.3) is 0 Å². The van der Waals surface area contributed by atoms with Crippen LogP contribution in [0.2, 0.25) is 0 Å². The Morgan fingerprint density at radius 3 is 1.53 bits per heavy atom. The predicted octanol–water partition coefficient (Wildman–Crippen LogP) is 11.4. The van der Waals surface area contributed by atoms with Gasteiger partial charge in [-0.1, -0.05) is 164 Å². The minimum atomic E-state index is -0.503. The summed E-state index contributed by atoms with van der Waals surface area (Å²) >= 11 is 0. The third-order valence-electron chi connectivity index (χ3n) is 13.0. The predicted molar refractivity (Wildman–Crippen MR) is 216 cm³/mol. The highest BCUT2D eigenvalue weighted by Gasteiger charge is 2.59. The molecule has 248 valence electrons. The van der Waals surface area contributed by atoms with E-state index in [0.29, 0.717) is 6.54 Å². The zero-order valence-corrected chi connectivity index (χ0v) is 29.2. The largest absolute Gasteiger partial charge is 0.326 e. The van der Waals surface area contributed by atoms with Crippen molar-refractivity contribution in [2.75, 3.05) is 0 Å². The molecule has 0 saturated heterocycles. The van der Waals surface area contributed by atoms with Gasteiger partial charge in [-0.25, -0.2) is 0 Å². The van der Waals surface area contributed by atoms with Crippen LogP contribution < -0.4 is 5.73 Å². The van der Waals surface area contributed by atoms with Crippen molar-refractivity contribution in [3.8, 4) is 44.5 Å². The van der Waals surface area contributed by atoms with Gasteiger partial charge in [-0.05, 0) is 124 Å².